The van der Waals surface area contributed by atoms with Gasteiger partial charge < -0.3 is 9.47 Å². The summed E-state index contributed by atoms with van der Waals surface area (Å²) in [7, 11) is 0. The Morgan fingerprint density at radius 3 is 2.45 bits per heavy atom. The summed E-state index contributed by atoms with van der Waals surface area (Å²) < 4.78 is 26.5. The summed E-state index contributed by atoms with van der Waals surface area (Å²) in [5.74, 6) is 0.250. The lowest BCUT2D eigenvalue weighted by atomic mass is 9.54. The van der Waals surface area contributed by atoms with Crippen molar-refractivity contribution >= 4 is 0 Å². The Bertz CT molecular complexity index is 562. The number of hydrogen-bond donors (Lipinski definition) is 0. The number of benzene rings is 1. The molecule has 2 bridgehead atoms. The van der Waals surface area contributed by atoms with E-state index in [9.17, 15) is 4.39 Å². The van der Waals surface area contributed by atoms with Gasteiger partial charge in [-0.1, -0.05) is 32.0 Å². The zero-order valence-electron chi connectivity index (χ0n) is 14.3. The molecule has 2 aliphatic heterocycles. The first-order valence-electron chi connectivity index (χ1n) is 8.22. The van der Waals surface area contributed by atoms with Crippen LogP contribution >= 0.6 is 0 Å². The molecule has 0 amide bonds. The Morgan fingerprint density at radius 1 is 1.18 bits per heavy atom. The summed E-state index contributed by atoms with van der Waals surface area (Å²) in [6.45, 7) is 11.4. The number of halogens is 1. The molecule has 2 saturated heterocycles. The van der Waals surface area contributed by atoms with Gasteiger partial charge in [0.25, 0.3) is 0 Å². The molecule has 1 aromatic carbocycles. The van der Waals surface area contributed by atoms with E-state index < -0.39 is 0 Å². The first kappa shape index (κ1) is 15.9. The van der Waals surface area contributed by atoms with Crippen LogP contribution < -0.4 is 0 Å². The van der Waals surface area contributed by atoms with Gasteiger partial charge in [-0.3, -0.25) is 0 Å². The van der Waals surface area contributed by atoms with Gasteiger partial charge in [-0.15, -0.1) is 0 Å². The first-order chi connectivity index (χ1) is 10.2. The van der Waals surface area contributed by atoms with Crippen molar-refractivity contribution in [2.75, 3.05) is 0 Å². The van der Waals surface area contributed by atoms with Crippen LogP contribution in [0, 0.1) is 17.2 Å². The minimum atomic E-state index is -0.299. The van der Waals surface area contributed by atoms with Crippen molar-refractivity contribution < 1.29 is 13.9 Å². The highest BCUT2D eigenvalue weighted by molar-refractivity contribution is 5.17. The van der Waals surface area contributed by atoms with E-state index in [0.717, 1.165) is 12.8 Å². The van der Waals surface area contributed by atoms with Crippen LogP contribution in [0.5, 0.6) is 0 Å². The minimum absolute atomic E-state index is 0.0139. The highest BCUT2D eigenvalue weighted by atomic mass is 19.1. The number of hydrogen-bond acceptors (Lipinski definition) is 2. The SMILES string of the molecule is CC1(C)OC2(C)CCC1C(C)(C)C2OCc1ccccc1F. The van der Waals surface area contributed by atoms with E-state index in [0.29, 0.717) is 18.1 Å². The van der Waals surface area contributed by atoms with Gasteiger partial charge in [-0.05, 0) is 51.0 Å². The lowest BCUT2D eigenvalue weighted by molar-refractivity contribution is -0.331. The number of rotatable bonds is 3. The van der Waals surface area contributed by atoms with Gasteiger partial charge in [-0.25, -0.2) is 4.39 Å². The smallest absolute Gasteiger partial charge is 0.128 e. The predicted octanol–water partition coefficient (Wildman–Crippen LogP) is 4.71. The van der Waals surface area contributed by atoms with Gasteiger partial charge in [0.15, 0.2) is 0 Å². The third kappa shape index (κ3) is 2.39. The molecule has 22 heavy (non-hydrogen) atoms. The maximum Gasteiger partial charge on any atom is 0.128 e. The molecule has 0 spiro atoms. The predicted molar refractivity (Wildman–Crippen MR) is 85.1 cm³/mol. The molecule has 2 nitrogen and oxygen atoms in total. The van der Waals surface area contributed by atoms with Crippen LogP contribution in [0.25, 0.3) is 0 Å². The first-order valence-corrected chi connectivity index (χ1v) is 8.22. The van der Waals surface area contributed by atoms with Gasteiger partial charge in [0, 0.05) is 5.56 Å². The molecule has 0 radical (unpaired) electrons. The monoisotopic (exact) mass is 306 g/mol. The average molecular weight is 306 g/mol. The zero-order chi connectivity index (χ0) is 16.2. The molecule has 2 heterocycles. The fraction of sp³-hybridized carbons (Fsp3) is 0.684. The Morgan fingerprint density at radius 2 is 1.86 bits per heavy atom. The van der Waals surface area contributed by atoms with Gasteiger partial charge >= 0.3 is 0 Å². The Kier molecular flexibility index (Phi) is 3.65. The fourth-order valence-corrected chi connectivity index (χ4v) is 5.10. The van der Waals surface area contributed by atoms with Crippen LogP contribution in [0.1, 0.15) is 53.0 Å². The average Bonchev–Trinajstić information content (AvgIpc) is 2.37. The normalized spacial score (nSPS) is 35.5. The third-order valence-corrected chi connectivity index (χ3v) is 5.76. The van der Waals surface area contributed by atoms with Crippen molar-refractivity contribution in [3.05, 3.63) is 35.6 Å². The quantitative estimate of drug-likeness (QED) is 0.805. The summed E-state index contributed by atoms with van der Waals surface area (Å²) in [6, 6.07) is 6.83. The molecule has 4 rings (SSSR count). The Labute approximate surface area is 133 Å². The molecule has 1 saturated carbocycles. The minimum Gasteiger partial charge on any atom is -0.370 e. The van der Waals surface area contributed by atoms with Gasteiger partial charge in [0.2, 0.25) is 0 Å². The molecule has 1 aromatic rings. The third-order valence-electron chi connectivity index (χ3n) is 5.76. The molecule has 0 N–H and O–H groups in total. The molecule has 122 valence electrons. The van der Waals surface area contributed by atoms with E-state index in [1.54, 1.807) is 12.1 Å². The zero-order valence-corrected chi connectivity index (χ0v) is 14.3. The van der Waals surface area contributed by atoms with E-state index in [1.165, 1.54) is 6.07 Å². The maximum atomic E-state index is 13.8. The lowest BCUT2D eigenvalue weighted by Crippen LogP contribution is -2.69. The van der Waals surface area contributed by atoms with Gasteiger partial charge in [0.1, 0.15) is 5.82 Å². The molecule has 1 aliphatic carbocycles. The van der Waals surface area contributed by atoms with Crippen LogP contribution in [0.3, 0.4) is 0 Å². The fourth-order valence-electron chi connectivity index (χ4n) is 5.10. The molecular formula is C19H27FO2. The topological polar surface area (TPSA) is 18.5 Å². The van der Waals surface area contributed by atoms with Crippen LogP contribution in [-0.2, 0) is 16.1 Å². The molecule has 3 fully saturated rings. The second kappa shape index (κ2) is 5.04. The second-order valence-corrected chi connectivity index (χ2v) is 8.21. The molecule has 3 heteroatoms. The van der Waals surface area contributed by atoms with E-state index in [-0.39, 0.29) is 28.5 Å². The van der Waals surface area contributed by atoms with E-state index >= 15 is 0 Å². The number of fused-ring (bicyclic) bond motifs is 3. The molecule has 3 unspecified atom stereocenters. The second-order valence-electron chi connectivity index (χ2n) is 8.21. The largest absolute Gasteiger partial charge is 0.370 e. The lowest BCUT2D eigenvalue weighted by Gasteiger charge is -2.65. The molecule has 3 aliphatic rings. The maximum absolute atomic E-state index is 13.8. The van der Waals surface area contributed by atoms with Crippen molar-refractivity contribution in [2.24, 2.45) is 11.3 Å². The van der Waals surface area contributed by atoms with Crippen molar-refractivity contribution in [3.8, 4) is 0 Å². The molecule has 3 atom stereocenters. The standard InChI is InChI=1S/C19H27FO2/c1-17(2)15-10-11-19(5,22-18(15,3)4)16(17)21-12-13-8-6-7-9-14(13)20/h6-9,15-16H,10-12H2,1-5H3. The van der Waals surface area contributed by atoms with Crippen LogP contribution in [0.2, 0.25) is 0 Å². The van der Waals surface area contributed by atoms with Crippen LogP contribution in [0.15, 0.2) is 24.3 Å². The van der Waals surface area contributed by atoms with Crippen molar-refractivity contribution in [2.45, 2.75) is 71.4 Å². The van der Waals surface area contributed by atoms with Gasteiger partial charge in [0.05, 0.1) is 23.9 Å². The van der Waals surface area contributed by atoms with Crippen LogP contribution in [0.4, 0.5) is 4.39 Å². The summed E-state index contributed by atoms with van der Waals surface area (Å²) in [5.41, 5.74) is 0.198. The van der Waals surface area contributed by atoms with Crippen molar-refractivity contribution in [3.63, 3.8) is 0 Å². The highest BCUT2D eigenvalue weighted by Crippen LogP contribution is 2.59. The van der Waals surface area contributed by atoms with Crippen molar-refractivity contribution in [1.82, 2.24) is 0 Å². The van der Waals surface area contributed by atoms with Gasteiger partial charge in [-0.2, -0.15) is 0 Å². The molecule has 0 aromatic heterocycles. The summed E-state index contributed by atoms with van der Waals surface area (Å²) in [4.78, 5) is 0. The summed E-state index contributed by atoms with van der Waals surface area (Å²) >= 11 is 0. The molecular weight excluding hydrogens is 279 g/mol. The van der Waals surface area contributed by atoms with E-state index in [1.807, 2.05) is 6.07 Å². The van der Waals surface area contributed by atoms with E-state index in [2.05, 4.69) is 34.6 Å². The number of ether oxygens (including phenoxy) is 2. The summed E-state index contributed by atoms with van der Waals surface area (Å²) in [5, 5.41) is 0. The highest BCUT2D eigenvalue weighted by Gasteiger charge is 2.63. The van der Waals surface area contributed by atoms with E-state index in [4.69, 9.17) is 9.47 Å². The van der Waals surface area contributed by atoms with Crippen LogP contribution in [-0.4, -0.2) is 17.3 Å². The summed E-state index contributed by atoms with van der Waals surface area (Å²) in [6.07, 6.45) is 2.15. The van der Waals surface area contributed by atoms with Crippen molar-refractivity contribution in [1.29, 1.82) is 0 Å². The Hall–Kier alpha value is -0.930. The Balaban J connectivity index is 1.83.